The third-order valence-electron chi connectivity index (χ3n) is 4.22. The van der Waals surface area contributed by atoms with Gasteiger partial charge in [0.05, 0.1) is 28.9 Å². The zero-order chi connectivity index (χ0) is 19.8. The smallest absolute Gasteiger partial charge is 0.248 e. The number of sulfone groups is 1. The van der Waals surface area contributed by atoms with Crippen LogP contribution in [0.15, 0.2) is 24.3 Å². The Kier molecular flexibility index (Phi) is 5.34. The lowest BCUT2D eigenvalue weighted by Gasteiger charge is -2.09. The fourth-order valence-electron chi connectivity index (χ4n) is 2.86. The highest BCUT2D eigenvalue weighted by atomic mass is 35.5. The average molecular weight is 416 g/mol. The maximum atomic E-state index is 13.6. The predicted molar refractivity (Wildman–Crippen MR) is 98.3 cm³/mol. The van der Waals surface area contributed by atoms with Crippen LogP contribution in [0.4, 0.5) is 14.5 Å². The predicted octanol–water partition coefficient (Wildman–Crippen LogP) is 3.13. The van der Waals surface area contributed by atoms with E-state index in [1.165, 1.54) is 10.8 Å². The molecule has 1 saturated heterocycles. The molecule has 1 aromatic heterocycles. The molecule has 0 saturated carbocycles. The SMILES string of the molecule is Cc1nn([C@@H]2CCS(=O)(=O)C2)c(Cl)c1/C=C/C(=O)Nc1ccc(F)cc1F. The summed E-state index contributed by atoms with van der Waals surface area (Å²) in [5.41, 5.74) is 0.845. The van der Waals surface area contributed by atoms with Crippen LogP contribution in [0, 0.1) is 18.6 Å². The number of halogens is 3. The second-order valence-electron chi connectivity index (χ2n) is 6.24. The summed E-state index contributed by atoms with van der Waals surface area (Å²) in [5.74, 6) is -2.21. The molecule has 1 N–H and O–H groups in total. The summed E-state index contributed by atoms with van der Waals surface area (Å²) in [7, 11) is -3.10. The topological polar surface area (TPSA) is 81.1 Å². The molecule has 144 valence electrons. The standard InChI is InChI=1S/C17H16ClF2N3O3S/c1-10-13(17(18)23(22-10)12-6-7-27(25,26)9-12)3-5-16(24)21-15-4-2-11(19)8-14(15)20/h2-5,8,12H,6-7,9H2,1H3,(H,21,24)/b5-3+/t12-/m1/s1. The Morgan fingerprint density at radius 3 is 2.78 bits per heavy atom. The summed E-state index contributed by atoms with van der Waals surface area (Å²) in [6.07, 6.45) is 2.99. The number of carbonyl (C=O) groups is 1. The molecule has 1 aromatic carbocycles. The monoisotopic (exact) mass is 415 g/mol. The van der Waals surface area contributed by atoms with Crippen LogP contribution >= 0.6 is 11.6 Å². The van der Waals surface area contributed by atoms with E-state index >= 15 is 0 Å². The van der Waals surface area contributed by atoms with Crippen LogP contribution in [0.5, 0.6) is 0 Å². The van der Waals surface area contributed by atoms with E-state index in [-0.39, 0.29) is 28.4 Å². The average Bonchev–Trinajstić information content (AvgIpc) is 3.07. The molecule has 1 amide bonds. The lowest BCUT2D eigenvalue weighted by Crippen LogP contribution is -2.12. The first-order valence-electron chi connectivity index (χ1n) is 8.05. The third kappa shape index (κ3) is 4.36. The summed E-state index contributed by atoms with van der Waals surface area (Å²) >= 11 is 6.31. The number of anilines is 1. The van der Waals surface area contributed by atoms with Crippen LogP contribution in [0.25, 0.3) is 6.08 Å². The molecule has 10 heteroatoms. The first kappa shape index (κ1) is 19.5. The molecule has 2 heterocycles. The molecule has 1 fully saturated rings. The highest BCUT2D eigenvalue weighted by Gasteiger charge is 2.31. The molecule has 0 unspecified atom stereocenters. The largest absolute Gasteiger partial charge is 0.320 e. The van der Waals surface area contributed by atoms with Crippen LogP contribution in [-0.2, 0) is 14.6 Å². The lowest BCUT2D eigenvalue weighted by atomic mass is 10.2. The number of benzene rings is 1. The van der Waals surface area contributed by atoms with Gasteiger partial charge in [0.2, 0.25) is 5.91 Å². The molecule has 0 radical (unpaired) electrons. The van der Waals surface area contributed by atoms with Crippen LogP contribution < -0.4 is 5.32 Å². The van der Waals surface area contributed by atoms with Gasteiger partial charge in [0.15, 0.2) is 9.84 Å². The summed E-state index contributed by atoms with van der Waals surface area (Å²) in [6, 6.07) is 2.47. The number of nitrogens with zero attached hydrogens (tertiary/aromatic N) is 2. The van der Waals surface area contributed by atoms with Crippen molar-refractivity contribution in [3.63, 3.8) is 0 Å². The van der Waals surface area contributed by atoms with Gasteiger partial charge in [0, 0.05) is 17.7 Å². The number of carbonyl (C=O) groups excluding carboxylic acids is 1. The maximum absolute atomic E-state index is 13.6. The Bertz CT molecular complexity index is 1030. The van der Waals surface area contributed by atoms with Crippen molar-refractivity contribution in [1.29, 1.82) is 0 Å². The van der Waals surface area contributed by atoms with Gasteiger partial charge in [0.25, 0.3) is 0 Å². The number of amides is 1. The molecule has 3 rings (SSSR count). The van der Waals surface area contributed by atoms with Crippen LogP contribution in [0.2, 0.25) is 5.15 Å². The molecule has 0 aliphatic carbocycles. The molecular weight excluding hydrogens is 400 g/mol. The zero-order valence-corrected chi connectivity index (χ0v) is 15.8. The normalized spacial score (nSPS) is 18.9. The number of nitrogens with one attached hydrogen (secondary N) is 1. The van der Waals surface area contributed by atoms with Crippen molar-refractivity contribution in [3.8, 4) is 0 Å². The van der Waals surface area contributed by atoms with Crippen molar-refractivity contribution in [2.45, 2.75) is 19.4 Å². The van der Waals surface area contributed by atoms with Gasteiger partial charge in [-0.05, 0) is 31.6 Å². The quantitative estimate of drug-likeness (QED) is 0.778. The minimum Gasteiger partial charge on any atom is -0.320 e. The molecular formula is C17H16ClF2N3O3S. The third-order valence-corrected chi connectivity index (χ3v) is 6.34. The van der Waals surface area contributed by atoms with Crippen LogP contribution in [-0.4, -0.2) is 35.6 Å². The van der Waals surface area contributed by atoms with E-state index in [1.54, 1.807) is 6.92 Å². The van der Waals surface area contributed by atoms with Crippen molar-refractivity contribution in [3.05, 3.63) is 52.3 Å². The Morgan fingerprint density at radius 1 is 1.41 bits per heavy atom. The summed E-state index contributed by atoms with van der Waals surface area (Å²) < 4.78 is 51.2. The Labute approximate surface area is 159 Å². The molecule has 0 bridgehead atoms. The number of aromatic nitrogens is 2. The molecule has 6 nitrogen and oxygen atoms in total. The van der Waals surface area contributed by atoms with Gasteiger partial charge in [-0.25, -0.2) is 21.9 Å². The van der Waals surface area contributed by atoms with Crippen molar-refractivity contribution in [2.24, 2.45) is 0 Å². The van der Waals surface area contributed by atoms with Gasteiger partial charge in [-0.2, -0.15) is 5.10 Å². The molecule has 27 heavy (non-hydrogen) atoms. The van der Waals surface area contributed by atoms with E-state index in [4.69, 9.17) is 11.6 Å². The van der Waals surface area contributed by atoms with Crippen LogP contribution in [0.3, 0.4) is 0 Å². The van der Waals surface area contributed by atoms with E-state index in [0.717, 1.165) is 18.2 Å². The Balaban J connectivity index is 1.76. The first-order chi connectivity index (χ1) is 12.7. The van der Waals surface area contributed by atoms with E-state index in [9.17, 15) is 22.0 Å². The highest BCUT2D eigenvalue weighted by Crippen LogP contribution is 2.30. The Morgan fingerprint density at radius 2 is 2.15 bits per heavy atom. The molecule has 0 spiro atoms. The van der Waals surface area contributed by atoms with Gasteiger partial charge in [0.1, 0.15) is 16.8 Å². The second kappa shape index (κ2) is 7.40. The molecule has 1 aliphatic heterocycles. The van der Waals surface area contributed by atoms with Crippen molar-refractivity contribution in [1.82, 2.24) is 9.78 Å². The van der Waals surface area contributed by atoms with Gasteiger partial charge >= 0.3 is 0 Å². The van der Waals surface area contributed by atoms with E-state index in [0.29, 0.717) is 23.7 Å². The lowest BCUT2D eigenvalue weighted by molar-refractivity contribution is -0.111. The van der Waals surface area contributed by atoms with E-state index < -0.39 is 27.4 Å². The van der Waals surface area contributed by atoms with E-state index in [2.05, 4.69) is 10.4 Å². The molecule has 1 atom stereocenters. The minimum atomic E-state index is -3.10. The van der Waals surface area contributed by atoms with E-state index in [1.807, 2.05) is 0 Å². The second-order valence-corrected chi connectivity index (χ2v) is 8.82. The number of hydrogen-bond donors (Lipinski definition) is 1. The van der Waals surface area contributed by atoms with Gasteiger partial charge in [-0.1, -0.05) is 11.6 Å². The summed E-state index contributed by atoms with van der Waals surface area (Å²) in [6.45, 7) is 1.68. The first-order valence-corrected chi connectivity index (χ1v) is 10.3. The molecule has 2 aromatic rings. The van der Waals surface area contributed by atoms with Crippen molar-refractivity contribution in [2.75, 3.05) is 16.8 Å². The van der Waals surface area contributed by atoms with Crippen molar-refractivity contribution < 1.29 is 22.0 Å². The maximum Gasteiger partial charge on any atom is 0.248 e. The number of hydrogen-bond acceptors (Lipinski definition) is 4. The highest BCUT2D eigenvalue weighted by molar-refractivity contribution is 7.91. The van der Waals surface area contributed by atoms with Crippen molar-refractivity contribution >= 4 is 39.1 Å². The number of rotatable bonds is 4. The molecule has 1 aliphatic rings. The zero-order valence-electron chi connectivity index (χ0n) is 14.2. The van der Waals surface area contributed by atoms with Gasteiger partial charge in [-0.15, -0.1) is 0 Å². The van der Waals surface area contributed by atoms with Gasteiger partial charge < -0.3 is 5.32 Å². The Hall–Kier alpha value is -2.26. The fraction of sp³-hybridized carbons (Fsp3) is 0.294. The minimum absolute atomic E-state index is 0.0265. The summed E-state index contributed by atoms with van der Waals surface area (Å²) in [5, 5.41) is 6.81. The fourth-order valence-corrected chi connectivity index (χ4v) is 4.92. The number of aryl methyl sites for hydroxylation is 1. The van der Waals surface area contributed by atoms with Crippen LogP contribution in [0.1, 0.15) is 23.7 Å². The van der Waals surface area contributed by atoms with Gasteiger partial charge in [-0.3, -0.25) is 4.79 Å². The summed E-state index contributed by atoms with van der Waals surface area (Å²) in [4.78, 5) is 12.0.